The summed E-state index contributed by atoms with van der Waals surface area (Å²) < 4.78 is 8.60. The number of nitrogens with two attached hydrogens (primary N) is 1. The predicted octanol–water partition coefficient (Wildman–Crippen LogP) is 5.18. The molecule has 2 aliphatic rings. The Kier molecular flexibility index (Phi) is 5.61. The highest BCUT2D eigenvalue weighted by Gasteiger charge is 2.40. The van der Waals surface area contributed by atoms with Crippen LogP contribution in [0.3, 0.4) is 0 Å². The number of Topliss-reactive ketones (excluding diaryl/α,β-unsaturated/α-hetero) is 1. The van der Waals surface area contributed by atoms with E-state index in [-0.39, 0.29) is 17.2 Å². The van der Waals surface area contributed by atoms with Crippen LogP contribution in [0.25, 0.3) is 11.3 Å². The second kappa shape index (κ2) is 8.72. The van der Waals surface area contributed by atoms with E-state index in [0.29, 0.717) is 37.1 Å². The second-order valence-electron chi connectivity index (χ2n) is 8.16. The maximum atomic E-state index is 13.0. The molecule has 2 aromatic carbocycles. The Bertz CT molecular complexity index is 1330. The van der Waals surface area contributed by atoms with E-state index < -0.39 is 5.92 Å². The monoisotopic (exact) mass is 500 g/mol. The predicted molar refractivity (Wildman–Crippen MR) is 127 cm³/mol. The van der Waals surface area contributed by atoms with Crippen LogP contribution in [0.1, 0.15) is 36.3 Å². The van der Waals surface area contributed by atoms with Crippen molar-refractivity contribution in [2.75, 3.05) is 0 Å². The average molecular weight is 501 g/mol. The summed E-state index contributed by atoms with van der Waals surface area (Å²) >= 11 is 3.47. The fourth-order valence-electron chi connectivity index (χ4n) is 4.49. The van der Waals surface area contributed by atoms with Crippen molar-refractivity contribution in [3.05, 3.63) is 99.2 Å². The summed E-state index contributed by atoms with van der Waals surface area (Å²) in [4.78, 5) is 13.0. The van der Waals surface area contributed by atoms with Gasteiger partial charge in [-0.2, -0.15) is 10.4 Å². The molecule has 0 amide bonds. The van der Waals surface area contributed by atoms with E-state index in [1.807, 2.05) is 65.5 Å². The van der Waals surface area contributed by atoms with Crippen molar-refractivity contribution < 1.29 is 9.53 Å². The fraction of sp³-hybridized carbons (Fsp3) is 0.192. The lowest BCUT2D eigenvalue weighted by Gasteiger charge is -2.30. The molecule has 0 spiro atoms. The SMILES string of the molecule is N#CC1=C(N)OC2=C(C(=O)CCC2)[C@@H]1c1cn(Cc2ccc(Br)cc2)nc1-c1ccccc1. The molecule has 1 atom stereocenters. The van der Waals surface area contributed by atoms with Crippen molar-refractivity contribution >= 4 is 21.7 Å². The molecule has 164 valence electrons. The van der Waals surface area contributed by atoms with Crippen LogP contribution in [0.15, 0.2) is 88.1 Å². The minimum Gasteiger partial charge on any atom is -0.444 e. The first-order valence-corrected chi connectivity index (χ1v) is 11.6. The minimum atomic E-state index is -0.597. The van der Waals surface area contributed by atoms with Gasteiger partial charge >= 0.3 is 0 Å². The molecule has 5 rings (SSSR count). The Balaban J connectivity index is 1.68. The number of ether oxygens (including phenoxy) is 1. The summed E-state index contributed by atoms with van der Waals surface area (Å²) in [5.41, 5.74) is 10.5. The van der Waals surface area contributed by atoms with Crippen LogP contribution in [0, 0.1) is 11.3 Å². The lowest BCUT2D eigenvalue weighted by molar-refractivity contribution is -0.116. The van der Waals surface area contributed by atoms with Crippen LogP contribution >= 0.6 is 15.9 Å². The highest BCUT2D eigenvalue weighted by Crippen LogP contribution is 2.45. The number of rotatable bonds is 4. The highest BCUT2D eigenvalue weighted by molar-refractivity contribution is 9.10. The van der Waals surface area contributed by atoms with E-state index in [1.54, 1.807) is 0 Å². The van der Waals surface area contributed by atoms with E-state index in [0.717, 1.165) is 26.9 Å². The summed E-state index contributed by atoms with van der Waals surface area (Å²) in [6.45, 7) is 0.553. The lowest BCUT2D eigenvalue weighted by atomic mass is 9.77. The largest absolute Gasteiger partial charge is 0.444 e. The fourth-order valence-corrected chi connectivity index (χ4v) is 4.76. The Labute approximate surface area is 200 Å². The number of carbonyl (C=O) groups is 1. The van der Waals surface area contributed by atoms with Crippen LogP contribution in [-0.2, 0) is 16.1 Å². The van der Waals surface area contributed by atoms with E-state index in [9.17, 15) is 10.1 Å². The zero-order chi connectivity index (χ0) is 22.9. The van der Waals surface area contributed by atoms with Gasteiger partial charge < -0.3 is 10.5 Å². The molecule has 0 radical (unpaired) electrons. The molecule has 0 fully saturated rings. The highest BCUT2D eigenvalue weighted by atomic mass is 79.9. The topological polar surface area (TPSA) is 93.9 Å². The Morgan fingerprint density at radius 2 is 1.91 bits per heavy atom. The van der Waals surface area contributed by atoms with Crippen LogP contribution in [-0.4, -0.2) is 15.6 Å². The van der Waals surface area contributed by atoms with Gasteiger partial charge in [0.25, 0.3) is 0 Å². The van der Waals surface area contributed by atoms with Gasteiger partial charge in [-0.25, -0.2) is 0 Å². The van der Waals surface area contributed by atoms with E-state index >= 15 is 0 Å². The molecule has 1 aromatic heterocycles. The normalized spacial score (nSPS) is 18.1. The Morgan fingerprint density at radius 3 is 2.64 bits per heavy atom. The zero-order valence-electron chi connectivity index (χ0n) is 17.8. The van der Waals surface area contributed by atoms with Crippen LogP contribution in [0.5, 0.6) is 0 Å². The molecule has 0 saturated heterocycles. The molecule has 7 heteroatoms. The molecule has 0 bridgehead atoms. The van der Waals surface area contributed by atoms with E-state index in [4.69, 9.17) is 15.6 Å². The van der Waals surface area contributed by atoms with Crippen molar-refractivity contribution in [3.63, 3.8) is 0 Å². The number of halogens is 1. The van der Waals surface area contributed by atoms with Crippen molar-refractivity contribution in [2.45, 2.75) is 31.7 Å². The molecule has 2 N–H and O–H groups in total. The zero-order valence-corrected chi connectivity index (χ0v) is 19.4. The first-order chi connectivity index (χ1) is 16.0. The van der Waals surface area contributed by atoms with Gasteiger partial charge in [-0.05, 0) is 24.1 Å². The summed E-state index contributed by atoms with van der Waals surface area (Å²) in [5, 5.41) is 14.9. The third-order valence-corrected chi connectivity index (χ3v) is 6.54. The summed E-state index contributed by atoms with van der Waals surface area (Å²) in [6, 6.07) is 20.0. The van der Waals surface area contributed by atoms with Crippen molar-refractivity contribution in [1.82, 2.24) is 9.78 Å². The molecule has 1 aliphatic carbocycles. The summed E-state index contributed by atoms with van der Waals surface area (Å²) in [6.07, 6.45) is 3.71. The number of aromatic nitrogens is 2. The Morgan fingerprint density at radius 1 is 1.15 bits per heavy atom. The summed E-state index contributed by atoms with van der Waals surface area (Å²) in [5.74, 6) is 0.0460. The lowest BCUT2D eigenvalue weighted by Crippen LogP contribution is -2.27. The van der Waals surface area contributed by atoms with Crippen LogP contribution in [0.2, 0.25) is 0 Å². The number of nitriles is 1. The van der Waals surface area contributed by atoms with Gasteiger partial charge in [0.15, 0.2) is 5.78 Å². The van der Waals surface area contributed by atoms with Gasteiger partial charge in [0.1, 0.15) is 17.4 Å². The Hall–Kier alpha value is -3.63. The first kappa shape index (κ1) is 21.2. The molecular weight excluding hydrogens is 480 g/mol. The van der Waals surface area contributed by atoms with Crippen LogP contribution in [0.4, 0.5) is 0 Å². The third kappa shape index (κ3) is 3.98. The number of hydrogen-bond acceptors (Lipinski definition) is 5. The van der Waals surface area contributed by atoms with E-state index in [2.05, 4.69) is 22.0 Å². The van der Waals surface area contributed by atoms with Gasteiger partial charge in [0.05, 0.1) is 18.2 Å². The quantitative estimate of drug-likeness (QED) is 0.532. The van der Waals surface area contributed by atoms with Gasteiger partial charge in [0, 0.05) is 40.2 Å². The van der Waals surface area contributed by atoms with Crippen molar-refractivity contribution in [3.8, 4) is 17.3 Å². The van der Waals surface area contributed by atoms with E-state index in [1.165, 1.54) is 0 Å². The first-order valence-electron chi connectivity index (χ1n) is 10.8. The molecule has 0 unspecified atom stereocenters. The molecule has 33 heavy (non-hydrogen) atoms. The number of allylic oxidation sites excluding steroid dienone is 3. The number of nitrogens with zero attached hydrogens (tertiary/aromatic N) is 3. The van der Waals surface area contributed by atoms with Gasteiger partial charge in [-0.15, -0.1) is 0 Å². The minimum absolute atomic E-state index is 0.00108. The number of carbonyl (C=O) groups excluding carboxylic acids is 1. The molecule has 1 aliphatic heterocycles. The molecule has 2 heterocycles. The van der Waals surface area contributed by atoms with Gasteiger partial charge in [-0.3, -0.25) is 9.48 Å². The molecule has 3 aromatic rings. The average Bonchev–Trinajstić information content (AvgIpc) is 3.24. The number of ketones is 1. The maximum Gasteiger partial charge on any atom is 0.205 e. The van der Waals surface area contributed by atoms with Gasteiger partial charge in [0.2, 0.25) is 5.88 Å². The molecule has 6 nitrogen and oxygen atoms in total. The van der Waals surface area contributed by atoms with Crippen molar-refractivity contribution in [1.29, 1.82) is 5.26 Å². The smallest absolute Gasteiger partial charge is 0.205 e. The molecule has 0 saturated carbocycles. The third-order valence-electron chi connectivity index (χ3n) is 6.01. The molecular formula is C26H21BrN4O2. The standard InChI is InChI=1S/C26H21BrN4O2/c27-18-11-9-16(10-12-18)14-31-15-20(25(30-31)17-5-2-1-3-6-17)23-19(13-28)26(29)33-22-8-4-7-21(32)24(22)23/h1-3,5-6,9-12,15,23H,4,7-8,14,29H2/t23-/m0/s1. The van der Waals surface area contributed by atoms with Crippen LogP contribution < -0.4 is 5.73 Å². The number of hydrogen-bond donors (Lipinski definition) is 1. The summed E-state index contributed by atoms with van der Waals surface area (Å²) in [7, 11) is 0. The maximum absolute atomic E-state index is 13.0. The van der Waals surface area contributed by atoms with Crippen molar-refractivity contribution in [2.24, 2.45) is 5.73 Å². The number of benzene rings is 2. The van der Waals surface area contributed by atoms with Gasteiger partial charge in [-0.1, -0.05) is 58.4 Å². The second-order valence-corrected chi connectivity index (χ2v) is 9.08.